The SMILES string of the molecule is CC(C)(C)n1nc2c(c1NC(=O)Nc1ccc(Cl)cc1)CSC2. The van der Waals surface area contributed by atoms with Gasteiger partial charge in [-0.25, -0.2) is 9.48 Å². The zero-order chi connectivity index (χ0) is 16.6. The summed E-state index contributed by atoms with van der Waals surface area (Å²) < 4.78 is 1.90. The molecule has 2 heterocycles. The highest BCUT2D eigenvalue weighted by Crippen LogP contribution is 2.37. The molecule has 1 aromatic heterocycles. The van der Waals surface area contributed by atoms with Crippen LogP contribution in [0.1, 0.15) is 32.0 Å². The fourth-order valence-corrected chi connectivity index (χ4v) is 3.59. The molecule has 122 valence electrons. The van der Waals surface area contributed by atoms with E-state index in [4.69, 9.17) is 11.6 Å². The second-order valence-corrected chi connectivity index (χ2v) is 7.86. The topological polar surface area (TPSA) is 59.0 Å². The first-order chi connectivity index (χ1) is 10.8. The predicted molar refractivity (Wildman–Crippen MR) is 96.3 cm³/mol. The summed E-state index contributed by atoms with van der Waals surface area (Å²) in [5, 5.41) is 11.1. The van der Waals surface area contributed by atoms with Crippen LogP contribution in [0.5, 0.6) is 0 Å². The molecule has 1 aromatic carbocycles. The van der Waals surface area contributed by atoms with Crippen molar-refractivity contribution in [3.63, 3.8) is 0 Å². The van der Waals surface area contributed by atoms with Crippen molar-refractivity contribution < 1.29 is 4.79 Å². The Hall–Kier alpha value is -1.66. The van der Waals surface area contributed by atoms with E-state index in [1.54, 1.807) is 24.3 Å². The number of anilines is 2. The van der Waals surface area contributed by atoms with Crippen LogP contribution in [-0.4, -0.2) is 15.8 Å². The number of hydrogen-bond donors (Lipinski definition) is 2. The summed E-state index contributed by atoms with van der Waals surface area (Å²) >= 11 is 7.67. The number of carbonyl (C=O) groups is 1. The number of nitrogens with one attached hydrogen (secondary N) is 2. The van der Waals surface area contributed by atoms with Gasteiger partial charge >= 0.3 is 6.03 Å². The highest BCUT2D eigenvalue weighted by molar-refractivity contribution is 7.98. The predicted octanol–water partition coefficient (Wildman–Crippen LogP) is 4.68. The monoisotopic (exact) mass is 350 g/mol. The molecule has 0 saturated carbocycles. The molecule has 0 saturated heterocycles. The molecule has 5 nitrogen and oxygen atoms in total. The number of nitrogens with zero attached hydrogens (tertiary/aromatic N) is 2. The molecule has 3 rings (SSSR count). The summed E-state index contributed by atoms with van der Waals surface area (Å²) in [5.41, 5.74) is 2.68. The van der Waals surface area contributed by atoms with Crippen LogP contribution in [0.2, 0.25) is 5.02 Å². The molecular formula is C16H19ClN4OS. The van der Waals surface area contributed by atoms with Crippen molar-refractivity contribution in [1.82, 2.24) is 9.78 Å². The summed E-state index contributed by atoms with van der Waals surface area (Å²) in [4.78, 5) is 12.3. The summed E-state index contributed by atoms with van der Waals surface area (Å²) in [7, 11) is 0. The molecule has 1 aliphatic heterocycles. The fraction of sp³-hybridized carbons (Fsp3) is 0.375. The van der Waals surface area contributed by atoms with E-state index in [0.717, 1.165) is 28.6 Å². The van der Waals surface area contributed by atoms with Gasteiger partial charge in [-0.05, 0) is 45.0 Å². The number of halogens is 1. The van der Waals surface area contributed by atoms with Crippen molar-refractivity contribution in [3.05, 3.63) is 40.5 Å². The number of amides is 2. The molecule has 2 amide bonds. The summed E-state index contributed by atoms with van der Waals surface area (Å²) in [6.45, 7) is 6.22. The van der Waals surface area contributed by atoms with E-state index in [9.17, 15) is 4.79 Å². The normalized spacial score (nSPS) is 13.7. The highest BCUT2D eigenvalue weighted by Gasteiger charge is 2.28. The molecule has 0 fully saturated rings. The van der Waals surface area contributed by atoms with Crippen LogP contribution in [0.3, 0.4) is 0 Å². The minimum Gasteiger partial charge on any atom is -0.308 e. The van der Waals surface area contributed by atoms with Gasteiger partial charge < -0.3 is 5.32 Å². The molecule has 0 bridgehead atoms. The molecule has 2 aromatic rings. The third-order valence-corrected chi connectivity index (χ3v) is 4.74. The lowest BCUT2D eigenvalue weighted by Gasteiger charge is -2.23. The lowest BCUT2D eigenvalue weighted by molar-refractivity contribution is 0.261. The highest BCUT2D eigenvalue weighted by atomic mass is 35.5. The minimum atomic E-state index is -0.280. The van der Waals surface area contributed by atoms with Gasteiger partial charge in [0.15, 0.2) is 0 Å². The van der Waals surface area contributed by atoms with Crippen molar-refractivity contribution in [1.29, 1.82) is 0 Å². The van der Waals surface area contributed by atoms with Gasteiger partial charge in [-0.2, -0.15) is 16.9 Å². The third-order valence-electron chi connectivity index (χ3n) is 3.52. The number of aromatic nitrogens is 2. The maximum atomic E-state index is 12.3. The van der Waals surface area contributed by atoms with Gasteiger partial charge in [-0.1, -0.05) is 11.6 Å². The zero-order valence-corrected chi connectivity index (χ0v) is 14.9. The standard InChI is InChI=1S/C16H19ClN4OS/c1-16(2,3)21-14(12-8-23-9-13(12)20-21)19-15(22)18-11-6-4-10(17)5-7-11/h4-7H,8-9H2,1-3H3,(H2,18,19,22). The first kappa shape index (κ1) is 16.2. The van der Waals surface area contributed by atoms with E-state index in [1.165, 1.54) is 0 Å². The quantitative estimate of drug-likeness (QED) is 0.826. The molecule has 0 atom stereocenters. The Morgan fingerprint density at radius 3 is 2.57 bits per heavy atom. The van der Waals surface area contributed by atoms with Gasteiger partial charge in [-0.15, -0.1) is 0 Å². The van der Waals surface area contributed by atoms with Crippen molar-refractivity contribution in [2.45, 2.75) is 37.8 Å². The second kappa shape index (κ2) is 6.09. The largest absolute Gasteiger partial charge is 0.324 e. The van der Waals surface area contributed by atoms with E-state index in [1.807, 2.05) is 16.4 Å². The number of fused-ring (bicyclic) bond motifs is 1. The van der Waals surface area contributed by atoms with Gasteiger partial charge in [0.1, 0.15) is 5.82 Å². The summed E-state index contributed by atoms with van der Waals surface area (Å²) in [6.07, 6.45) is 0. The third kappa shape index (κ3) is 3.48. The Bertz CT molecular complexity index is 734. The Morgan fingerprint density at radius 2 is 1.91 bits per heavy atom. The van der Waals surface area contributed by atoms with Crippen LogP contribution in [0.25, 0.3) is 0 Å². The van der Waals surface area contributed by atoms with E-state index in [0.29, 0.717) is 10.7 Å². The molecule has 2 N–H and O–H groups in total. The van der Waals surface area contributed by atoms with E-state index in [2.05, 4.69) is 36.5 Å². The second-order valence-electron chi connectivity index (χ2n) is 6.44. The minimum absolute atomic E-state index is 0.197. The van der Waals surface area contributed by atoms with Crippen LogP contribution in [-0.2, 0) is 17.0 Å². The van der Waals surface area contributed by atoms with Gasteiger partial charge in [0.25, 0.3) is 0 Å². The van der Waals surface area contributed by atoms with Crippen molar-refractivity contribution in [3.8, 4) is 0 Å². The van der Waals surface area contributed by atoms with Crippen LogP contribution in [0.4, 0.5) is 16.3 Å². The van der Waals surface area contributed by atoms with Crippen LogP contribution in [0.15, 0.2) is 24.3 Å². The van der Waals surface area contributed by atoms with Gasteiger partial charge in [-0.3, -0.25) is 5.32 Å². The number of benzene rings is 1. The maximum Gasteiger partial charge on any atom is 0.324 e. The maximum absolute atomic E-state index is 12.3. The van der Waals surface area contributed by atoms with E-state index >= 15 is 0 Å². The number of rotatable bonds is 2. The van der Waals surface area contributed by atoms with Gasteiger partial charge in [0.2, 0.25) is 0 Å². The first-order valence-corrected chi connectivity index (χ1v) is 8.90. The molecule has 0 spiro atoms. The Kier molecular flexibility index (Phi) is 4.29. The molecular weight excluding hydrogens is 332 g/mol. The van der Waals surface area contributed by atoms with Gasteiger partial charge in [0.05, 0.1) is 11.2 Å². The van der Waals surface area contributed by atoms with E-state index in [-0.39, 0.29) is 11.6 Å². The fourth-order valence-electron chi connectivity index (χ4n) is 2.43. The average molecular weight is 351 g/mol. The molecule has 0 unspecified atom stereocenters. The number of urea groups is 1. The zero-order valence-electron chi connectivity index (χ0n) is 13.3. The van der Waals surface area contributed by atoms with Crippen LogP contribution >= 0.6 is 23.4 Å². The van der Waals surface area contributed by atoms with Crippen molar-refractivity contribution in [2.75, 3.05) is 10.6 Å². The summed E-state index contributed by atoms with van der Waals surface area (Å²) in [5.74, 6) is 2.55. The Balaban J connectivity index is 1.82. The molecule has 7 heteroatoms. The Morgan fingerprint density at radius 1 is 1.22 bits per heavy atom. The lowest BCUT2D eigenvalue weighted by atomic mass is 10.1. The molecule has 0 aliphatic carbocycles. The molecule has 0 radical (unpaired) electrons. The van der Waals surface area contributed by atoms with Gasteiger partial charge in [0, 0.05) is 27.8 Å². The van der Waals surface area contributed by atoms with E-state index < -0.39 is 0 Å². The number of hydrogen-bond acceptors (Lipinski definition) is 3. The van der Waals surface area contributed by atoms with Crippen molar-refractivity contribution >= 4 is 40.9 Å². The van der Waals surface area contributed by atoms with Crippen molar-refractivity contribution in [2.24, 2.45) is 0 Å². The summed E-state index contributed by atoms with van der Waals surface area (Å²) in [6, 6.07) is 6.74. The average Bonchev–Trinajstić information content (AvgIpc) is 3.03. The first-order valence-electron chi connectivity index (χ1n) is 7.37. The Labute approximate surface area is 144 Å². The van der Waals surface area contributed by atoms with Crippen LogP contribution in [0, 0.1) is 0 Å². The molecule has 23 heavy (non-hydrogen) atoms. The molecule has 1 aliphatic rings. The number of carbonyl (C=O) groups excluding carboxylic acids is 1. The smallest absolute Gasteiger partial charge is 0.308 e. The lowest BCUT2D eigenvalue weighted by Crippen LogP contribution is -2.29. The number of thioether (sulfide) groups is 1. The van der Waals surface area contributed by atoms with Crippen LogP contribution < -0.4 is 10.6 Å².